The maximum absolute atomic E-state index is 12.0. The highest BCUT2D eigenvalue weighted by molar-refractivity contribution is 9.10. The SMILES string of the molecule is COc1cc(OC)cc(-c2nc(S/C(=C\c3cccn3-c3ccc(Br)cc3)C(=O)O)n[nH]2)c1. The van der Waals surface area contributed by atoms with Crippen molar-refractivity contribution in [2.24, 2.45) is 0 Å². The number of halogens is 1. The molecule has 10 heteroatoms. The third-order valence-electron chi connectivity index (χ3n) is 4.67. The Bertz CT molecular complexity index is 1290. The van der Waals surface area contributed by atoms with Crippen LogP contribution in [0.5, 0.6) is 11.5 Å². The number of rotatable bonds is 8. The highest BCUT2D eigenvalue weighted by Gasteiger charge is 2.16. The third kappa shape index (κ3) is 5.29. The first-order valence-corrected chi connectivity index (χ1v) is 11.3. The van der Waals surface area contributed by atoms with Crippen LogP contribution in [0.25, 0.3) is 23.2 Å². The van der Waals surface area contributed by atoms with Crippen LogP contribution in [-0.4, -0.2) is 45.0 Å². The second kappa shape index (κ2) is 9.97. The predicted molar refractivity (Wildman–Crippen MR) is 130 cm³/mol. The molecule has 8 nitrogen and oxygen atoms in total. The smallest absolute Gasteiger partial charge is 0.342 e. The Kier molecular flexibility index (Phi) is 6.85. The lowest BCUT2D eigenvalue weighted by atomic mass is 10.2. The minimum Gasteiger partial charge on any atom is -0.497 e. The molecule has 0 saturated carbocycles. The molecule has 168 valence electrons. The summed E-state index contributed by atoms with van der Waals surface area (Å²) in [5.74, 6) is 0.611. The molecule has 0 bridgehead atoms. The number of aromatic nitrogens is 4. The molecule has 0 atom stereocenters. The first-order valence-electron chi connectivity index (χ1n) is 9.69. The molecule has 4 aromatic rings. The van der Waals surface area contributed by atoms with Crippen molar-refractivity contribution in [2.75, 3.05) is 14.2 Å². The van der Waals surface area contributed by atoms with Gasteiger partial charge in [0.05, 0.1) is 14.2 Å². The van der Waals surface area contributed by atoms with Crippen LogP contribution in [0, 0.1) is 0 Å². The Hall–Kier alpha value is -3.50. The average molecular weight is 527 g/mol. The Labute approximate surface area is 202 Å². The fraction of sp³-hybridized carbons (Fsp3) is 0.0870. The van der Waals surface area contributed by atoms with Crippen LogP contribution in [0.4, 0.5) is 0 Å². The molecule has 2 heterocycles. The number of hydrogen-bond donors (Lipinski definition) is 2. The van der Waals surface area contributed by atoms with E-state index in [4.69, 9.17) is 9.47 Å². The van der Waals surface area contributed by atoms with Crippen molar-refractivity contribution in [2.45, 2.75) is 5.16 Å². The normalized spacial score (nSPS) is 11.4. The van der Waals surface area contributed by atoms with Crippen LogP contribution in [0.15, 0.2) is 75.3 Å². The fourth-order valence-corrected chi connectivity index (χ4v) is 4.04. The molecule has 0 saturated heterocycles. The molecule has 33 heavy (non-hydrogen) atoms. The number of aliphatic carboxylic acids is 1. The monoisotopic (exact) mass is 526 g/mol. The summed E-state index contributed by atoms with van der Waals surface area (Å²) >= 11 is 4.39. The maximum atomic E-state index is 12.0. The number of hydrogen-bond acceptors (Lipinski definition) is 6. The molecule has 0 unspecified atom stereocenters. The molecule has 0 aliphatic heterocycles. The van der Waals surface area contributed by atoms with E-state index >= 15 is 0 Å². The number of methoxy groups -OCH3 is 2. The summed E-state index contributed by atoms with van der Waals surface area (Å²) in [6.45, 7) is 0. The van der Waals surface area contributed by atoms with E-state index in [0.717, 1.165) is 27.6 Å². The summed E-state index contributed by atoms with van der Waals surface area (Å²) in [5, 5.41) is 17.1. The Morgan fingerprint density at radius 2 is 1.82 bits per heavy atom. The molecule has 2 N–H and O–H groups in total. The number of ether oxygens (including phenoxy) is 2. The van der Waals surface area contributed by atoms with Crippen LogP contribution >= 0.6 is 27.7 Å². The van der Waals surface area contributed by atoms with Crippen molar-refractivity contribution in [3.05, 3.63) is 75.9 Å². The lowest BCUT2D eigenvalue weighted by Gasteiger charge is -2.07. The van der Waals surface area contributed by atoms with E-state index in [0.29, 0.717) is 22.9 Å². The van der Waals surface area contributed by atoms with Crippen LogP contribution < -0.4 is 9.47 Å². The van der Waals surface area contributed by atoms with Crippen LogP contribution in [-0.2, 0) is 4.79 Å². The van der Waals surface area contributed by atoms with Crippen molar-refractivity contribution in [3.8, 4) is 28.6 Å². The number of nitrogens with one attached hydrogen (secondary N) is 1. The van der Waals surface area contributed by atoms with Crippen LogP contribution in [0.2, 0.25) is 0 Å². The van der Waals surface area contributed by atoms with Gasteiger partial charge in [0.15, 0.2) is 5.82 Å². The van der Waals surface area contributed by atoms with Crippen molar-refractivity contribution in [1.29, 1.82) is 0 Å². The van der Waals surface area contributed by atoms with Gasteiger partial charge in [0.1, 0.15) is 16.4 Å². The number of carboxylic acids is 1. The van der Waals surface area contributed by atoms with E-state index in [1.165, 1.54) is 0 Å². The summed E-state index contributed by atoms with van der Waals surface area (Å²) in [7, 11) is 3.13. The molecule has 0 aliphatic rings. The third-order valence-corrected chi connectivity index (χ3v) is 6.07. The molecule has 0 fully saturated rings. The van der Waals surface area contributed by atoms with Crippen LogP contribution in [0.3, 0.4) is 0 Å². The van der Waals surface area contributed by atoms with Gasteiger partial charge in [-0.05, 0) is 66.4 Å². The van der Waals surface area contributed by atoms with E-state index in [9.17, 15) is 9.90 Å². The van der Waals surface area contributed by atoms with Crippen molar-refractivity contribution in [3.63, 3.8) is 0 Å². The molecule has 0 amide bonds. The number of benzene rings is 2. The summed E-state index contributed by atoms with van der Waals surface area (Å²) in [5.41, 5.74) is 2.34. The van der Waals surface area contributed by atoms with Gasteiger partial charge < -0.3 is 19.1 Å². The van der Waals surface area contributed by atoms with Gasteiger partial charge in [-0.1, -0.05) is 15.9 Å². The lowest BCUT2D eigenvalue weighted by molar-refractivity contribution is -0.131. The molecule has 2 aromatic heterocycles. The molecule has 4 rings (SSSR count). The van der Waals surface area contributed by atoms with E-state index < -0.39 is 5.97 Å². The standard InChI is InChI=1S/C23H19BrN4O4S/c1-31-18-10-14(11-19(13-18)32-2)21-25-23(27-26-21)33-20(22(29)30)12-17-4-3-9-28(17)16-7-5-15(24)6-8-16/h3-13H,1-2H3,(H,29,30)(H,25,26,27)/b20-12-. The molecule has 2 aromatic carbocycles. The maximum Gasteiger partial charge on any atom is 0.342 e. The second-order valence-electron chi connectivity index (χ2n) is 6.76. The minimum atomic E-state index is -1.07. The number of thioether (sulfide) groups is 1. The summed E-state index contributed by atoms with van der Waals surface area (Å²) < 4.78 is 13.5. The number of aromatic amines is 1. The van der Waals surface area contributed by atoms with Crippen molar-refractivity contribution >= 4 is 39.7 Å². The van der Waals surface area contributed by atoms with Crippen molar-refractivity contribution < 1.29 is 19.4 Å². The zero-order valence-electron chi connectivity index (χ0n) is 17.7. The Morgan fingerprint density at radius 1 is 1.12 bits per heavy atom. The van der Waals surface area contributed by atoms with Crippen LogP contribution in [0.1, 0.15) is 5.69 Å². The highest BCUT2D eigenvalue weighted by Crippen LogP contribution is 2.31. The average Bonchev–Trinajstić information content (AvgIpc) is 3.48. The Balaban J connectivity index is 1.62. The first kappa shape index (κ1) is 22.7. The van der Waals surface area contributed by atoms with Gasteiger partial charge in [-0.25, -0.2) is 9.78 Å². The summed E-state index contributed by atoms with van der Waals surface area (Å²) in [6.07, 6.45) is 3.47. The van der Waals surface area contributed by atoms with Crippen molar-refractivity contribution in [1.82, 2.24) is 19.7 Å². The molecule has 0 spiro atoms. The highest BCUT2D eigenvalue weighted by atomic mass is 79.9. The molecular formula is C23H19BrN4O4S. The van der Waals surface area contributed by atoms with Gasteiger partial charge >= 0.3 is 5.97 Å². The predicted octanol–water partition coefficient (Wildman–Crippen LogP) is 5.26. The fourth-order valence-electron chi connectivity index (χ4n) is 3.08. The van der Waals surface area contributed by atoms with E-state index in [-0.39, 0.29) is 10.1 Å². The number of carboxylic acid groups (broad SMARTS) is 1. The first-order chi connectivity index (χ1) is 16.0. The van der Waals surface area contributed by atoms with Gasteiger partial charge in [0.2, 0.25) is 5.16 Å². The topological polar surface area (TPSA) is 102 Å². The molecule has 0 radical (unpaired) electrons. The van der Waals surface area contributed by atoms with Gasteiger partial charge in [-0.15, -0.1) is 5.10 Å². The summed E-state index contributed by atoms with van der Waals surface area (Å²) in [4.78, 5) is 16.5. The largest absolute Gasteiger partial charge is 0.497 e. The zero-order valence-corrected chi connectivity index (χ0v) is 20.1. The molecule has 0 aliphatic carbocycles. The molecular weight excluding hydrogens is 508 g/mol. The van der Waals surface area contributed by atoms with E-state index in [2.05, 4.69) is 31.1 Å². The van der Waals surface area contributed by atoms with Gasteiger partial charge in [-0.3, -0.25) is 5.10 Å². The second-order valence-corrected chi connectivity index (χ2v) is 8.69. The number of carbonyl (C=O) groups is 1. The number of nitrogens with zero attached hydrogens (tertiary/aromatic N) is 3. The van der Waals surface area contributed by atoms with E-state index in [1.54, 1.807) is 38.5 Å². The quantitative estimate of drug-likeness (QED) is 0.238. The number of H-pyrrole nitrogens is 1. The van der Waals surface area contributed by atoms with Gasteiger partial charge in [-0.2, -0.15) is 0 Å². The zero-order chi connectivity index (χ0) is 23.4. The Morgan fingerprint density at radius 3 is 2.45 bits per heavy atom. The summed E-state index contributed by atoms with van der Waals surface area (Å²) in [6, 6.07) is 16.8. The lowest BCUT2D eigenvalue weighted by Crippen LogP contribution is -2.00. The van der Waals surface area contributed by atoms with Gasteiger partial charge in [0, 0.05) is 33.7 Å². The van der Waals surface area contributed by atoms with Gasteiger partial charge in [0.25, 0.3) is 0 Å². The minimum absolute atomic E-state index is 0.0841. The van der Waals surface area contributed by atoms with E-state index in [1.807, 2.05) is 47.2 Å².